The highest BCUT2D eigenvalue weighted by Crippen LogP contribution is 2.16. The van der Waals surface area contributed by atoms with Crippen LogP contribution in [-0.4, -0.2) is 26.4 Å². The molecule has 1 aliphatic rings. The second-order valence-electron chi connectivity index (χ2n) is 5.64. The zero-order valence-corrected chi connectivity index (χ0v) is 12.6. The molecule has 1 N–H and O–H groups in total. The molecule has 3 heterocycles. The highest BCUT2D eigenvalue weighted by Gasteiger charge is 2.21. The van der Waals surface area contributed by atoms with E-state index in [1.807, 2.05) is 0 Å². The lowest BCUT2D eigenvalue weighted by Gasteiger charge is -2.27. The topological polar surface area (TPSA) is 61.9 Å². The first-order chi connectivity index (χ1) is 10.7. The Kier molecular flexibility index (Phi) is 4.29. The number of aromatic amines is 1. The van der Waals surface area contributed by atoms with Crippen LogP contribution in [0.5, 0.6) is 0 Å². The van der Waals surface area contributed by atoms with E-state index < -0.39 is 5.95 Å². The van der Waals surface area contributed by atoms with Crippen molar-refractivity contribution in [3.05, 3.63) is 57.3 Å². The number of fused-ring (bicyclic) bond motifs is 1. The first kappa shape index (κ1) is 14.8. The molecule has 0 bridgehead atoms. The van der Waals surface area contributed by atoms with Gasteiger partial charge in [0, 0.05) is 38.7 Å². The lowest BCUT2D eigenvalue weighted by molar-refractivity contribution is 0.241. The van der Waals surface area contributed by atoms with Crippen LogP contribution in [0, 0.1) is 5.95 Å². The van der Waals surface area contributed by atoms with Crippen LogP contribution < -0.4 is 5.56 Å². The SMILES string of the molecule is CCCc1nc2c(c(=O)[nH]1)CN(Cc1ccc(F)nc1)CC2. The summed E-state index contributed by atoms with van der Waals surface area (Å²) < 4.78 is 12.8. The van der Waals surface area contributed by atoms with Crippen LogP contribution >= 0.6 is 0 Å². The number of rotatable bonds is 4. The molecular formula is C16H19FN4O. The first-order valence-corrected chi connectivity index (χ1v) is 7.59. The quantitative estimate of drug-likeness (QED) is 0.875. The van der Waals surface area contributed by atoms with Gasteiger partial charge in [0.25, 0.3) is 5.56 Å². The van der Waals surface area contributed by atoms with E-state index in [4.69, 9.17) is 0 Å². The average Bonchev–Trinajstić information content (AvgIpc) is 2.51. The van der Waals surface area contributed by atoms with Crippen molar-refractivity contribution in [2.75, 3.05) is 6.54 Å². The Morgan fingerprint density at radius 3 is 3.00 bits per heavy atom. The monoisotopic (exact) mass is 302 g/mol. The minimum Gasteiger partial charge on any atom is -0.310 e. The van der Waals surface area contributed by atoms with Crippen LogP contribution in [0.2, 0.25) is 0 Å². The molecule has 0 spiro atoms. The van der Waals surface area contributed by atoms with Gasteiger partial charge in [0.2, 0.25) is 5.95 Å². The molecular weight excluding hydrogens is 283 g/mol. The predicted molar refractivity (Wildman–Crippen MR) is 80.9 cm³/mol. The van der Waals surface area contributed by atoms with Crippen LogP contribution in [0.15, 0.2) is 23.1 Å². The molecule has 5 nitrogen and oxygen atoms in total. The van der Waals surface area contributed by atoms with E-state index in [-0.39, 0.29) is 5.56 Å². The van der Waals surface area contributed by atoms with Gasteiger partial charge >= 0.3 is 0 Å². The van der Waals surface area contributed by atoms with E-state index in [1.54, 1.807) is 6.07 Å². The Morgan fingerprint density at radius 1 is 1.41 bits per heavy atom. The fraction of sp³-hybridized carbons (Fsp3) is 0.438. The third kappa shape index (κ3) is 3.22. The van der Waals surface area contributed by atoms with Crippen molar-refractivity contribution >= 4 is 0 Å². The van der Waals surface area contributed by atoms with Gasteiger partial charge in [0.15, 0.2) is 0 Å². The Hall–Kier alpha value is -2.08. The molecule has 0 unspecified atom stereocenters. The number of H-pyrrole nitrogens is 1. The summed E-state index contributed by atoms with van der Waals surface area (Å²) in [5.74, 6) is 0.305. The van der Waals surface area contributed by atoms with Crippen molar-refractivity contribution in [1.29, 1.82) is 0 Å². The molecule has 2 aromatic rings. The molecule has 0 atom stereocenters. The first-order valence-electron chi connectivity index (χ1n) is 7.59. The number of aryl methyl sites for hydroxylation is 1. The smallest absolute Gasteiger partial charge is 0.255 e. The van der Waals surface area contributed by atoms with Gasteiger partial charge < -0.3 is 4.98 Å². The van der Waals surface area contributed by atoms with Gasteiger partial charge in [-0.15, -0.1) is 0 Å². The fourth-order valence-corrected chi connectivity index (χ4v) is 2.78. The molecule has 0 saturated carbocycles. The van der Waals surface area contributed by atoms with Gasteiger partial charge in [-0.05, 0) is 18.1 Å². The standard InChI is InChI=1S/C16H19FN4O/c1-2-3-15-19-13-6-7-21(10-12(13)16(22)20-15)9-11-4-5-14(17)18-8-11/h4-5,8H,2-3,6-7,9-10H2,1H3,(H,19,20,22). The van der Waals surface area contributed by atoms with Crippen molar-refractivity contribution < 1.29 is 4.39 Å². The Labute approximate surface area is 128 Å². The molecule has 0 amide bonds. The molecule has 0 fully saturated rings. The van der Waals surface area contributed by atoms with E-state index in [9.17, 15) is 9.18 Å². The molecule has 3 rings (SSSR count). The molecule has 6 heteroatoms. The molecule has 1 aliphatic heterocycles. The third-order valence-corrected chi connectivity index (χ3v) is 3.88. The summed E-state index contributed by atoms with van der Waals surface area (Å²) in [6, 6.07) is 3.09. The van der Waals surface area contributed by atoms with Crippen LogP contribution in [0.1, 0.15) is 36.0 Å². The molecule has 0 radical (unpaired) electrons. The number of aromatic nitrogens is 3. The lowest BCUT2D eigenvalue weighted by Crippen LogP contribution is -2.35. The van der Waals surface area contributed by atoms with E-state index in [0.29, 0.717) is 13.1 Å². The number of pyridine rings is 1. The van der Waals surface area contributed by atoms with Crippen molar-refractivity contribution in [3.63, 3.8) is 0 Å². The highest BCUT2D eigenvalue weighted by molar-refractivity contribution is 5.21. The molecule has 0 saturated heterocycles. The maximum Gasteiger partial charge on any atom is 0.255 e. The summed E-state index contributed by atoms with van der Waals surface area (Å²) in [6.45, 7) is 4.13. The summed E-state index contributed by atoms with van der Waals surface area (Å²) in [7, 11) is 0. The van der Waals surface area contributed by atoms with Gasteiger partial charge in [-0.25, -0.2) is 9.97 Å². The maximum atomic E-state index is 12.8. The van der Waals surface area contributed by atoms with E-state index in [2.05, 4.69) is 26.8 Å². The minimum absolute atomic E-state index is 0.0321. The van der Waals surface area contributed by atoms with Crippen LogP contribution in [0.4, 0.5) is 4.39 Å². The second kappa shape index (κ2) is 6.36. The molecule has 2 aromatic heterocycles. The van der Waals surface area contributed by atoms with Crippen LogP contribution in [-0.2, 0) is 25.9 Å². The summed E-state index contributed by atoms with van der Waals surface area (Å²) in [6.07, 6.45) is 4.07. The summed E-state index contributed by atoms with van der Waals surface area (Å²) in [5.41, 5.74) is 2.58. The Morgan fingerprint density at radius 2 is 2.27 bits per heavy atom. The average molecular weight is 302 g/mol. The Balaban J connectivity index is 1.76. The van der Waals surface area contributed by atoms with Crippen molar-refractivity contribution in [1.82, 2.24) is 19.9 Å². The zero-order valence-electron chi connectivity index (χ0n) is 12.6. The van der Waals surface area contributed by atoms with Gasteiger partial charge in [-0.1, -0.05) is 13.0 Å². The maximum absolute atomic E-state index is 12.8. The Bertz CT molecular complexity index is 711. The third-order valence-electron chi connectivity index (χ3n) is 3.88. The zero-order chi connectivity index (χ0) is 15.5. The normalized spacial score (nSPS) is 14.8. The van der Waals surface area contributed by atoms with E-state index >= 15 is 0 Å². The summed E-state index contributed by atoms with van der Waals surface area (Å²) in [5, 5.41) is 0. The number of nitrogens with zero attached hydrogens (tertiary/aromatic N) is 3. The van der Waals surface area contributed by atoms with Crippen molar-refractivity contribution in [2.24, 2.45) is 0 Å². The molecule has 0 aliphatic carbocycles. The minimum atomic E-state index is -0.475. The van der Waals surface area contributed by atoms with E-state index in [0.717, 1.165) is 48.5 Å². The predicted octanol–water partition coefficient (Wildman–Crippen LogP) is 1.81. The van der Waals surface area contributed by atoms with Crippen LogP contribution in [0.3, 0.4) is 0 Å². The second-order valence-corrected chi connectivity index (χ2v) is 5.64. The van der Waals surface area contributed by atoms with Crippen molar-refractivity contribution in [3.8, 4) is 0 Å². The summed E-state index contributed by atoms with van der Waals surface area (Å²) in [4.78, 5) is 25.5. The number of nitrogens with one attached hydrogen (secondary N) is 1. The number of halogens is 1. The fourth-order valence-electron chi connectivity index (χ4n) is 2.78. The van der Waals surface area contributed by atoms with Gasteiger partial charge in [-0.2, -0.15) is 4.39 Å². The molecule has 116 valence electrons. The molecule has 0 aromatic carbocycles. The van der Waals surface area contributed by atoms with Gasteiger partial charge in [0.1, 0.15) is 5.82 Å². The lowest BCUT2D eigenvalue weighted by atomic mass is 10.1. The summed E-state index contributed by atoms with van der Waals surface area (Å²) >= 11 is 0. The number of hydrogen-bond acceptors (Lipinski definition) is 4. The van der Waals surface area contributed by atoms with Crippen LogP contribution in [0.25, 0.3) is 0 Å². The largest absolute Gasteiger partial charge is 0.310 e. The highest BCUT2D eigenvalue weighted by atomic mass is 19.1. The van der Waals surface area contributed by atoms with Gasteiger partial charge in [0.05, 0.1) is 11.3 Å². The molecule has 22 heavy (non-hydrogen) atoms. The van der Waals surface area contributed by atoms with Gasteiger partial charge in [-0.3, -0.25) is 9.69 Å². The van der Waals surface area contributed by atoms with E-state index in [1.165, 1.54) is 12.3 Å². The van der Waals surface area contributed by atoms with Crippen molar-refractivity contribution in [2.45, 2.75) is 39.3 Å². The number of hydrogen-bond donors (Lipinski definition) is 1.